The van der Waals surface area contributed by atoms with Gasteiger partial charge in [-0.05, 0) is 12.0 Å². The fraction of sp³-hybridized carbons (Fsp3) is 0.462. The summed E-state index contributed by atoms with van der Waals surface area (Å²) >= 11 is 1.22. The highest BCUT2D eigenvalue weighted by atomic mass is 32.2. The van der Waals surface area contributed by atoms with Crippen LogP contribution in [0.4, 0.5) is 0 Å². The van der Waals surface area contributed by atoms with E-state index in [0.29, 0.717) is 17.7 Å². The van der Waals surface area contributed by atoms with Gasteiger partial charge in [0.05, 0.1) is 24.1 Å². The van der Waals surface area contributed by atoms with E-state index in [9.17, 15) is 4.79 Å². The number of fused-ring (bicyclic) bond motifs is 1. The molecule has 0 radical (unpaired) electrons. The Labute approximate surface area is 121 Å². The van der Waals surface area contributed by atoms with Crippen LogP contribution in [-0.2, 0) is 16.1 Å². The number of carboxylic acids is 1. The number of thioether (sulfide) groups is 1. The molecule has 0 saturated heterocycles. The Hall–Kier alpha value is -1.60. The maximum Gasteiger partial charge on any atom is 0.313 e. The summed E-state index contributed by atoms with van der Waals surface area (Å²) in [6.07, 6.45) is 3.41. The molecule has 0 bridgehead atoms. The van der Waals surface area contributed by atoms with Crippen LogP contribution in [0, 0.1) is 5.92 Å². The standard InChI is InChI=1S/C13H17N3O3S/c1-9(7-19-2)6-16-11-3-4-14-5-10(11)15-13(16)20-8-12(17)18/h3-5,9H,6-8H2,1-2H3,(H,17,18). The first kappa shape index (κ1) is 14.8. The second-order valence-corrected chi connectivity index (χ2v) is 5.55. The second-order valence-electron chi connectivity index (χ2n) is 4.61. The van der Waals surface area contributed by atoms with E-state index >= 15 is 0 Å². The first-order chi connectivity index (χ1) is 9.61. The molecule has 0 saturated carbocycles. The van der Waals surface area contributed by atoms with E-state index in [2.05, 4.69) is 16.9 Å². The molecule has 0 spiro atoms. The zero-order valence-electron chi connectivity index (χ0n) is 11.4. The molecule has 0 aliphatic rings. The number of hydrogen-bond acceptors (Lipinski definition) is 5. The maximum absolute atomic E-state index is 10.7. The summed E-state index contributed by atoms with van der Waals surface area (Å²) in [5.41, 5.74) is 1.75. The highest BCUT2D eigenvalue weighted by molar-refractivity contribution is 7.99. The lowest BCUT2D eigenvalue weighted by Crippen LogP contribution is -2.13. The van der Waals surface area contributed by atoms with Gasteiger partial charge in [-0.1, -0.05) is 18.7 Å². The zero-order chi connectivity index (χ0) is 14.5. The molecule has 6 nitrogen and oxygen atoms in total. The Morgan fingerprint density at radius 2 is 2.40 bits per heavy atom. The van der Waals surface area contributed by atoms with E-state index in [-0.39, 0.29) is 5.75 Å². The van der Waals surface area contributed by atoms with Gasteiger partial charge < -0.3 is 14.4 Å². The predicted octanol–water partition coefficient (Wildman–Crippen LogP) is 1.89. The number of carboxylic acid groups (broad SMARTS) is 1. The minimum atomic E-state index is -0.850. The first-order valence-corrected chi connectivity index (χ1v) is 7.24. The molecule has 0 amide bonds. The summed E-state index contributed by atoms with van der Waals surface area (Å²) < 4.78 is 7.19. The predicted molar refractivity (Wildman–Crippen MR) is 76.9 cm³/mol. The topological polar surface area (TPSA) is 77.2 Å². The van der Waals surface area contributed by atoms with E-state index in [1.807, 2.05) is 10.6 Å². The number of pyridine rings is 1. The Morgan fingerprint density at radius 1 is 1.60 bits per heavy atom. The minimum Gasteiger partial charge on any atom is -0.481 e. The number of methoxy groups -OCH3 is 1. The molecule has 7 heteroatoms. The van der Waals surface area contributed by atoms with Gasteiger partial charge in [0, 0.05) is 19.9 Å². The highest BCUT2D eigenvalue weighted by Gasteiger charge is 2.15. The lowest BCUT2D eigenvalue weighted by atomic mass is 10.2. The Bertz CT molecular complexity index is 600. The van der Waals surface area contributed by atoms with Crippen molar-refractivity contribution in [1.82, 2.24) is 14.5 Å². The lowest BCUT2D eigenvalue weighted by Gasteiger charge is -2.14. The second kappa shape index (κ2) is 6.71. The summed E-state index contributed by atoms with van der Waals surface area (Å²) in [7, 11) is 1.67. The van der Waals surface area contributed by atoms with Crippen molar-refractivity contribution in [3.8, 4) is 0 Å². The molecule has 1 atom stereocenters. The van der Waals surface area contributed by atoms with Gasteiger partial charge in [-0.2, -0.15) is 0 Å². The molecule has 20 heavy (non-hydrogen) atoms. The normalized spacial score (nSPS) is 12.7. The number of nitrogens with zero attached hydrogens (tertiary/aromatic N) is 3. The van der Waals surface area contributed by atoms with E-state index in [0.717, 1.165) is 17.6 Å². The number of ether oxygens (including phenoxy) is 1. The average Bonchev–Trinajstić information content (AvgIpc) is 2.75. The highest BCUT2D eigenvalue weighted by Crippen LogP contribution is 2.24. The molecule has 1 N–H and O–H groups in total. The fourth-order valence-electron chi connectivity index (χ4n) is 2.02. The van der Waals surface area contributed by atoms with Crippen molar-refractivity contribution in [2.24, 2.45) is 5.92 Å². The summed E-state index contributed by atoms with van der Waals surface area (Å²) in [5.74, 6) is -0.540. The van der Waals surface area contributed by atoms with Gasteiger partial charge >= 0.3 is 5.97 Å². The van der Waals surface area contributed by atoms with Crippen LogP contribution in [0.5, 0.6) is 0 Å². The van der Waals surface area contributed by atoms with Gasteiger partial charge in [-0.3, -0.25) is 9.78 Å². The van der Waals surface area contributed by atoms with Crippen molar-refractivity contribution in [2.75, 3.05) is 19.5 Å². The molecular formula is C13H17N3O3S. The molecule has 1 unspecified atom stereocenters. The van der Waals surface area contributed by atoms with Gasteiger partial charge in [-0.15, -0.1) is 0 Å². The third-order valence-electron chi connectivity index (χ3n) is 2.79. The number of hydrogen-bond donors (Lipinski definition) is 1. The van der Waals surface area contributed by atoms with Crippen LogP contribution in [0.25, 0.3) is 11.0 Å². The van der Waals surface area contributed by atoms with Crippen LogP contribution >= 0.6 is 11.8 Å². The van der Waals surface area contributed by atoms with Crippen molar-refractivity contribution in [2.45, 2.75) is 18.6 Å². The Balaban J connectivity index is 2.31. The van der Waals surface area contributed by atoms with Crippen LogP contribution in [0.1, 0.15) is 6.92 Å². The maximum atomic E-state index is 10.7. The summed E-state index contributed by atoms with van der Waals surface area (Å²) in [6.45, 7) is 3.46. The quantitative estimate of drug-likeness (QED) is 0.786. The first-order valence-electron chi connectivity index (χ1n) is 6.25. The van der Waals surface area contributed by atoms with E-state index in [4.69, 9.17) is 9.84 Å². The molecule has 0 aliphatic heterocycles. The van der Waals surface area contributed by atoms with Crippen molar-refractivity contribution in [3.63, 3.8) is 0 Å². The van der Waals surface area contributed by atoms with Gasteiger partial charge in [-0.25, -0.2) is 4.98 Å². The molecule has 0 aliphatic carbocycles. The smallest absolute Gasteiger partial charge is 0.313 e. The number of aromatic nitrogens is 3. The average molecular weight is 295 g/mol. The van der Waals surface area contributed by atoms with Crippen molar-refractivity contribution in [1.29, 1.82) is 0 Å². The number of carbonyl (C=O) groups is 1. The van der Waals surface area contributed by atoms with Gasteiger partial charge in [0.1, 0.15) is 5.52 Å². The van der Waals surface area contributed by atoms with Gasteiger partial charge in [0.25, 0.3) is 0 Å². The van der Waals surface area contributed by atoms with Crippen molar-refractivity contribution in [3.05, 3.63) is 18.5 Å². The monoisotopic (exact) mass is 295 g/mol. The summed E-state index contributed by atoms with van der Waals surface area (Å²) in [6, 6.07) is 1.90. The fourth-order valence-corrected chi connectivity index (χ4v) is 2.77. The molecule has 108 valence electrons. The molecular weight excluding hydrogens is 278 g/mol. The number of rotatable bonds is 7. The van der Waals surface area contributed by atoms with Gasteiger partial charge in [0.2, 0.25) is 0 Å². The largest absolute Gasteiger partial charge is 0.481 e. The SMILES string of the molecule is COCC(C)Cn1c(SCC(=O)O)nc2cnccc21. The van der Waals surface area contributed by atoms with Gasteiger partial charge in [0.15, 0.2) is 5.16 Å². The molecule has 0 aromatic carbocycles. The lowest BCUT2D eigenvalue weighted by molar-refractivity contribution is -0.133. The van der Waals surface area contributed by atoms with Crippen molar-refractivity contribution < 1.29 is 14.6 Å². The summed E-state index contributed by atoms with van der Waals surface area (Å²) in [5, 5.41) is 9.52. The van der Waals surface area contributed by atoms with Crippen LogP contribution in [0.2, 0.25) is 0 Å². The van der Waals surface area contributed by atoms with E-state index in [1.165, 1.54) is 11.8 Å². The van der Waals surface area contributed by atoms with Crippen molar-refractivity contribution >= 4 is 28.8 Å². The van der Waals surface area contributed by atoms with Crippen LogP contribution in [0.15, 0.2) is 23.6 Å². The molecule has 2 aromatic heterocycles. The van der Waals surface area contributed by atoms with E-state index in [1.54, 1.807) is 19.5 Å². The molecule has 2 rings (SSSR count). The third-order valence-corrected chi connectivity index (χ3v) is 3.75. The van der Waals surface area contributed by atoms with Crippen LogP contribution in [0.3, 0.4) is 0 Å². The molecule has 2 aromatic rings. The minimum absolute atomic E-state index is 0.00455. The Kier molecular flexibility index (Phi) is 4.97. The molecule has 0 fully saturated rings. The summed E-state index contributed by atoms with van der Waals surface area (Å²) in [4.78, 5) is 19.2. The third kappa shape index (κ3) is 3.49. The number of imidazole rings is 1. The molecule has 2 heterocycles. The number of aliphatic carboxylic acids is 1. The van der Waals surface area contributed by atoms with E-state index < -0.39 is 5.97 Å². The van der Waals surface area contributed by atoms with Crippen LogP contribution < -0.4 is 0 Å². The van der Waals surface area contributed by atoms with Crippen LogP contribution in [-0.4, -0.2) is 45.1 Å². The Morgan fingerprint density at radius 3 is 3.10 bits per heavy atom. The zero-order valence-corrected chi connectivity index (χ0v) is 12.3.